The van der Waals surface area contributed by atoms with Crippen LogP contribution in [0.25, 0.3) is 5.69 Å². The summed E-state index contributed by atoms with van der Waals surface area (Å²) in [4.78, 5) is 27.3. The Kier molecular flexibility index (Phi) is 4.99. The van der Waals surface area contributed by atoms with Gasteiger partial charge in [-0.1, -0.05) is 18.2 Å². The molecule has 1 heterocycles. The van der Waals surface area contributed by atoms with Crippen molar-refractivity contribution in [2.45, 2.75) is 6.92 Å². The Hall–Kier alpha value is -3.88. The molecular formula is C19H17N4O5-. The van der Waals surface area contributed by atoms with Crippen molar-refractivity contribution < 1.29 is 14.8 Å². The first-order chi connectivity index (χ1) is 13.3. The molecule has 0 unspecified atom stereocenters. The van der Waals surface area contributed by atoms with Crippen LogP contribution in [0.2, 0.25) is 0 Å². The van der Waals surface area contributed by atoms with E-state index in [0.717, 1.165) is 12.3 Å². The second kappa shape index (κ2) is 7.39. The number of para-hydroxylation sites is 1. The molecular weight excluding hydrogens is 364 g/mol. The van der Waals surface area contributed by atoms with Gasteiger partial charge in [0.05, 0.1) is 29.5 Å². The van der Waals surface area contributed by atoms with Gasteiger partial charge in [0, 0.05) is 13.3 Å². The summed E-state index contributed by atoms with van der Waals surface area (Å²) in [6, 6.07) is 11.4. The van der Waals surface area contributed by atoms with E-state index in [9.17, 15) is 20.0 Å². The molecule has 2 aromatic carbocycles. The molecule has 0 spiro atoms. The van der Waals surface area contributed by atoms with Gasteiger partial charge < -0.3 is 9.84 Å². The van der Waals surface area contributed by atoms with E-state index >= 15 is 0 Å². The minimum Gasteiger partial charge on any atom is -0.867 e. The largest absolute Gasteiger partial charge is 0.867 e. The Morgan fingerprint density at radius 1 is 1.21 bits per heavy atom. The summed E-state index contributed by atoms with van der Waals surface area (Å²) in [6.07, 6.45) is 1.15. The van der Waals surface area contributed by atoms with Gasteiger partial charge in [0.25, 0.3) is 11.2 Å². The monoisotopic (exact) mass is 381 g/mol. The second-order valence-corrected chi connectivity index (χ2v) is 5.99. The number of nitro groups is 1. The number of nitrogens with zero attached hydrogens (tertiary/aromatic N) is 4. The normalized spacial score (nSPS) is 11.1. The molecule has 9 nitrogen and oxygen atoms in total. The second-order valence-electron chi connectivity index (χ2n) is 5.99. The van der Waals surface area contributed by atoms with Crippen LogP contribution in [0.4, 0.5) is 11.4 Å². The maximum Gasteiger partial charge on any atom is 0.297 e. The number of nitro benzene ring substituents is 1. The zero-order valence-corrected chi connectivity index (χ0v) is 15.4. The zero-order valence-electron chi connectivity index (χ0n) is 15.4. The average Bonchev–Trinajstić information content (AvgIpc) is 2.90. The molecule has 3 aromatic rings. The molecule has 0 N–H and O–H groups in total. The van der Waals surface area contributed by atoms with Gasteiger partial charge in [-0.25, -0.2) is 9.67 Å². The quantitative estimate of drug-likeness (QED) is 0.382. The predicted molar refractivity (Wildman–Crippen MR) is 102 cm³/mol. The lowest BCUT2D eigenvalue weighted by Crippen LogP contribution is -2.19. The van der Waals surface area contributed by atoms with Crippen LogP contribution in [-0.4, -0.2) is 27.6 Å². The van der Waals surface area contributed by atoms with Crippen LogP contribution in [0.3, 0.4) is 0 Å². The minimum atomic E-state index is -0.800. The molecule has 0 saturated carbocycles. The van der Waals surface area contributed by atoms with Crippen LogP contribution in [0.5, 0.6) is 11.5 Å². The summed E-state index contributed by atoms with van der Waals surface area (Å²) in [6.45, 7) is 1.72. The molecule has 0 aliphatic carbocycles. The lowest BCUT2D eigenvalue weighted by atomic mass is 10.1. The molecule has 0 amide bonds. The smallest absolute Gasteiger partial charge is 0.297 e. The highest BCUT2D eigenvalue weighted by atomic mass is 16.6. The Morgan fingerprint density at radius 3 is 2.50 bits per heavy atom. The fourth-order valence-corrected chi connectivity index (χ4v) is 2.79. The predicted octanol–water partition coefficient (Wildman–Crippen LogP) is 2.23. The fraction of sp³-hybridized carbons (Fsp3) is 0.158. The van der Waals surface area contributed by atoms with Crippen molar-refractivity contribution in [3.8, 4) is 17.2 Å². The molecule has 0 aliphatic heterocycles. The molecule has 0 aliphatic rings. The molecule has 3 rings (SSSR count). The van der Waals surface area contributed by atoms with E-state index in [2.05, 4.69) is 4.99 Å². The standard InChI is InChI=1S/C19H18N4O5/c1-12-17(19(25)22(21(12)2)14-7-5-4-6-8-14)20-11-13-9-15(28-3)10-16(18(13)24)23(26)27/h4-11,24H,1-3H3/p-1. The lowest BCUT2D eigenvalue weighted by molar-refractivity contribution is -0.398. The summed E-state index contributed by atoms with van der Waals surface area (Å²) in [5.74, 6) is -0.647. The van der Waals surface area contributed by atoms with Crippen LogP contribution in [0, 0.1) is 17.0 Å². The number of benzene rings is 2. The molecule has 0 atom stereocenters. The highest BCUT2D eigenvalue weighted by molar-refractivity contribution is 5.88. The molecule has 0 saturated heterocycles. The maximum atomic E-state index is 12.8. The van der Waals surface area contributed by atoms with E-state index in [1.807, 2.05) is 18.2 Å². The van der Waals surface area contributed by atoms with Crippen molar-refractivity contribution in [1.82, 2.24) is 9.36 Å². The van der Waals surface area contributed by atoms with E-state index in [1.165, 1.54) is 17.9 Å². The number of rotatable bonds is 5. The van der Waals surface area contributed by atoms with Gasteiger partial charge in [-0.15, -0.1) is 0 Å². The third kappa shape index (κ3) is 3.25. The van der Waals surface area contributed by atoms with Crippen molar-refractivity contribution in [2.75, 3.05) is 7.11 Å². The zero-order chi connectivity index (χ0) is 20.4. The molecule has 28 heavy (non-hydrogen) atoms. The summed E-state index contributed by atoms with van der Waals surface area (Å²) in [7, 11) is 3.06. The fourth-order valence-electron chi connectivity index (χ4n) is 2.79. The van der Waals surface area contributed by atoms with Gasteiger partial charge in [0.1, 0.15) is 5.75 Å². The van der Waals surface area contributed by atoms with Crippen molar-refractivity contribution >= 4 is 17.6 Å². The van der Waals surface area contributed by atoms with Crippen LogP contribution < -0.4 is 15.4 Å². The first-order valence-corrected chi connectivity index (χ1v) is 8.26. The van der Waals surface area contributed by atoms with Crippen molar-refractivity contribution in [1.29, 1.82) is 0 Å². The van der Waals surface area contributed by atoms with Crippen molar-refractivity contribution in [3.05, 3.63) is 74.2 Å². The number of aromatic nitrogens is 2. The number of ether oxygens (including phenoxy) is 1. The Morgan fingerprint density at radius 2 is 1.89 bits per heavy atom. The molecule has 1 aromatic heterocycles. The van der Waals surface area contributed by atoms with E-state index in [4.69, 9.17) is 4.74 Å². The molecule has 0 fully saturated rings. The van der Waals surface area contributed by atoms with Crippen molar-refractivity contribution in [2.24, 2.45) is 12.0 Å². The Bertz CT molecular complexity index is 1130. The van der Waals surface area contributed by atoms with E-state index < -0.39 is 16.4 Å². The average molecular weight is 381 g/mol. The molecule has 0 bridgehead atoms. The summed E-state index contributed by atoms with van der Waals surface area (Å²) in [5.41, 5.74) is 0.354. The third-order valence-electron chi connectivity index (χ3n) is 4.36. The van der Waals surface area contributed by atoms with Gasteiger partial charge in [-0.3, -0.25) is 19.6 Å². The summed E-state index contributed by atoms with van der Waals surface area (Å²) < 4.78 is 8.11. The van der Waals surface area contributed by atoms with Crippen LogP contribution in [0.15, 0.2) is 52.3 Å². The Labute approximate surface area is 159 Å². The van der Waals surface area contributed by atoms with Crippen molar-refractivity contribution in [3.63, 3.8) is 0 Å². The van der Waals surface area contributed by atoms with Gasteiger partial charge in [-0.05, 0) is 36.4 Å². The molecule has 9 heteroatoms. The number of hydrogen-bond donors (Lipinski definition) is 0. The lowest BCUT2D eigenvalue weighted by Gasteiger charge is -2.12. The van der Waals surface area contributed by atoms with Crippen LogP contribution in [-0.2, 0) is 7.05 Å². The number of methoxy groups -OCH3 is 1. The van der Waals surface area contributed by atoms with E-state index in [0.29, 0.717) is 11.4 Å². The molecule has 0 radical (unpaired) electrons. The summed E-state index contributed by atoms with van der Waals surface area (Å²) in [5, 5.41) is 23.4. The highest BCUT2D eigenvalue weighted by Gasteiger charge is 2.16. The molecule has 144 valence electrons. The van der Waals surface area contributed by atoms with Gasteiger partial charge in [-0.2, -0.15) is 0 Å². The first-order valence-electron chi connectivity index (χ1n) is 8.26. The van der Waals surface area contributed by atoms with Gasteiger partial charge >= 0.3 is 0 Å². The number of aliphatic imine (C=N–C) groups is 1. The first kappa shape index (κ1) is 18.9. The Balaban J connectivity index is 2.11. The minimum absolute atomic E-state index is 0.0417. The summed E-state index contributed by atoms with van der Waals surface area (Å²) >= 11 is 0. The number of hydrogen-bond acceptors (Lipinski definition) is 6. The van der Waals surface area contributed by atoms with E-state index in [1.54, 1.807) is 30.8 Å². The van der Waals surface area contributed by atoms with Gasteiger partial charge in [0.15, 0.2) is 5.69 Å². The maximum absolute atomic E-state index is 12.8. The van der Waals surface area contributed by atoms with Crippen LogP contribution in [0.1, 0.15) is 11.3 Å². The SMILES string of the molecule is COc1cc(C=Nc2c(C)n(C)n(-c3ccccc3)c2=O)c([O-])c([N+](=O)[O-])c1. The van der Waals surface area contributed by atoms with Crippen LogP contribution >= 0.6 is 0 Å². The topological polar surface area (TPSA) is 115 Å². The third-order valence-corrected chi connectivity index (χ3v) is 4.36. The van der Waals surface area contributed by atoms with Gasteiger partial charge in [0.2, 0.25) is 0 Å². The highest BCUT2D eigenvalue weighted by Crippen LogP contribution is 2.31. The van der Waals surface area contributed by atoms with E-state index in [-0.39, 0.29) is 22.6 Å².